The van der Waals surface area contributed by atoms with Crippen molar-refractivity contribution in [1.82, 2.24) is 10.2 Å². The van der Waals surface area contributed by atoms with Gasteiger partial charge in [-0.25, -0.2) is 0 Å². The molecule has 0 radical (unpaired) electrons. The summed E-state index contributed by atoms with van der Waals surface area (Å²) < 4.78 is 0. The van der Waals surface area contributed by atoms with Crippen molar-refractivity contribution in [2.45, 2.75) is 12.0 Å². The Bertz CT molecular complexity index is 906. The van der Waals surface area contributed by atoms with Crippen LogP contribution in [-0.4, -0.2) is 41.5 Å². The quantitative estimate of drug-likeness (QED) is 0.746. The second kappa shape index (κ2) is 6.89. The second-order valence-corrected chi connectivity index (χ2v) is 6.91. The van der Waals surface area contributed by atoms with Gasteiger partial charge in [0.05, 0.1) is 25.1 Å². The molecule has 4 N–H and O–H groups in total. The fourth-order valence-corrected chi connectivity index (χ4v) is 3.75. The van der Waals surface area contributed by atoms with Gasteiger partial charge in [0.15, 0.2) is 0 Å². The molecule has 2 atom stereocenters. The van der Waals surface area contributed by atoms with Gasteiger partial charge in [-0.3, -0.25) is 9.59 Å². The van der Waals surface area contributed by atoms with Crippen LogP contribution >= 0.6 is 0 Å². The van der Waals surface area contributed by atoms with Gasteiger partial charge in [0.25, 0.3) is 0 Å². The summed E-state index contributed by atoms with van der Waals surface area (Å²) in [5, 5.41) is 13.1. The van der Waals surface area contributed by atoms with Gasteiger partial charge in [0.1, 0.15) is 0 Å². The van der Waals surface area contributed by atoms with E-state index in [1.165, 1.54) is 5.57 Å². The summed E-state index contributed by atoms with van der Waals surface area (Å²) in [6, 6.07) is 16.6. The lowest BCUT2D eigenvalue weighted by Gasteiger charge is -2.31. The maximum atomic E-state index is 12.9. The van der Waals surface area contributed by atoms with Crippen LogP contribution in [0.15, 0.2) is 65.9 Å². The Balaban J connectivity index is 1.45. The Morgan fingerprint density at radius 3 is 2.44 bits per heavy atom. The molecule has 0 aliphatic carbocycles. The first-order chi connectivity index (χ1) is 13.1. The molecule has 0 fully saturated rings. The number of carbonyl (C=O) groups excluding carboxylic acids is 2. The molecule has 138 valence electrons. The fraction of sp³-hybridized carbons (Fsp3) is 0.238. The molecular weight excluding hydrogens is 342 g/mol. The number of carbonyl (C=O) groups is 2. The molecule has 6 heteroatoms. The molecule has 2 aromatic carbocycles. The number of aliphatic hydroxyl groups is 1. The summed E-state index contributed by atoms with van der Waals surface area (Å²) in [4.78, 5) is 25.9. The second-order valence-electron chi connectivity index (χ2n) is 6.91. The molecule has 2 heterocycles. The van der Waals surface area contributed by atoms with Crippen LogP contribution in [0.2, 0.25) is 0 Å². The third-order valence-electron chi connectivity index (χ3n) is 5.29. The van der Waals surface area contributed by atoms with Crippen molar-refractivity contribution in [3.63, 3.8) is 0 Å². The Labute approximate surface area is 157 Å². The molecule has 0 saturated heterocycles. The van der Waals surface area contributed by atoms with E-state index in [9.17, 15) is 14.7 Å². The van der Waals surface area contributed by atoms with Gasteiger partial charge in [-0.2, -0.15) is 0 Å². The molecule has 0 aromatic heterocycles. The van der Waals surface area contributed by atoms with E-state index >= 15 is 0 Å². The van der Waals surface area contributed by atoms with Gasteiger partial charge in [-0.15, -0.1) is 0 Å². The zero-order chi connectivity index (χ0) is 19.0. The highest BCUT2D eigenvalue weighted by Crippen LogP contribution is 2.38. The van der Waals surface area contributed by atoms with Crippen molar-refractivity contribution in [3.05, 3.63) is 82.6 Å². The van der Waals surface area contributed by atoms with Crippen molar-refractivity contribution < 1.29 is 14.7 Å². The van der Waals surface area contributed by atoms with E-state index in [1.807, 2.05) is 42.5 Å². The number of rotatable bonds is 5. The largest absolute Gasteiger partial charge is 0.395 e. The minimum absolute atomic E-state index is 0.0454. The average molecular weight is 363 g/mol. The van der Waals surface area contributed by atoms with Crippen molar-refractivity contribution in [3.8, 4) is 0 Å². The zero-order valence-corrected chi connectivity index (χ0v) is 14.8. The van der Waals surface area contributed by atoms with Gasteiger partial charge in [0.2, 0.25) is 11.8 Å². The topological polar surface area (TPSA) is 95.7 Å². The van der Waals surface area contributed by atoms with Crippen LogP contribution in [0, 0.1) is 0 Å². The smallest absolute Gasteiger partial charge is 0.248 e. The van der Waals surface area contributed by atoms with Crippen molar-refractivity contribution in [2.24, 2.45) is 5.73 Å². The summed E-state index contributed by atoms with van der Waals surface area (Å²) in [5.41, 5.74) is 9.87. The number of nitrogens with zero attached hydrogens (tertiary/aromatic N) is 1. The van der Waals surface area contributed by atoms with Gasteiger partial charge < -0.3 is 21.1 Å². The lowest BCUT2D eigenvalue weighted by molar-refractivity contribution is -0.132. The monoisotopic (exact) mass is 363 g/mol. The number of primary amides is 1. The summed E-state index contributed by atoms with van der Waals surface area (Å²) in [6.07, 6.45) is 0. The van der Waals surface area contributed by atoms with Crippen molar-refractivity contribution in [2.75, 3.05) is 19.7 Å². The van der Waals surface area contributed by atoms with Crippen LogP contribution in [0.5, 0.6) is 0 Å². The number of hydrogen-bond acceptors (Lipinski definition) is 4. The third kappa shape index (κ3) is 3.08. The van der Waals surface area contributed by atoms with Crippen molar-refractivity contribution in [1.29, 1.82) is 0 Å². The Morgan fingerprint density at radius 1 is 1.11 bits per heavy atom. The fourth-order valence-electron chi connectivity index (χ4n) is 3.75. The summed E-state index contributed by atoms with van der Waals surface area (Å²) in [7, 11) is 0. The van der Waals surface area contributed by atoms with Crippen molar-refractivity contribution >= 4 is 11.8 Å². The van der Waals surface area contributed by atoms with Crippen LogP contribution in [0.4, 0.5) is 0 Å². The summed E-state index contributed by atoms with van der Waals surface area (Å²) in [5.74, 6) is -1.06. The molecular formula is C21H21N3O3. The molecule has 6 nitrogen and oxygen atoms in total. The van der Waals surface area contributed by atoms with E-state index in [4.69, 9.17) is 5.73 Å². The van der Waals surface area contributed by atoms with Gasteiger partial charge >= 0.3 is 0 Å². The Kier molecular flexibility index (Phi) is 4.41. The van der Waals surface area contributed by atoms with Gasteiger partial charge in [-0.1, -0.05) is 42.5 Å². The minimum atomic E-state index is -0.543. The average Bonchev–Trinajstić information content (AvgIpc) is 3.00. The molecule has 2 unspecified atom stereocenters. The molecule has 0 spiro atoms. The molecule has 0 bridgehead atoms. The van der Waals surface area contributed by atoms with Crippen LogP contribution in [0.1, 0.15) is 33.4 Å². The lowest BCUT2D eigenvalue weighted by atomic mass is 9.91. The highest BCUT2D eigenvalue weighted by molar-refractivity contribution is 5.92. The molecule has 27 heavy (non-hydrogen) atoms. The maximum Gasteiger partial charge on any atom is 0.248 e. The lowest BCUT2D eigenvalue weighted by Crippen LogP contribution is -2.35. The van der Waals surface area contributed by atoms with Gasteiger partial charge in [-0.05, 0) is 28.8 Å². The highest BCUT2D eigenvalue weighted by Gasteiger charge is 2.40. The molecule has 2 aromatic rings. The molecule has 2 aliphatic heterocycles. The van der Waals surface area contributed by atoms with E-state index < -0.39 is 11.8 Å². The maximum absolute atomic E-state index is 12.9. The van der Waals surface area contributed by atoms with E-state index in [2.05, 4.69) is 5.32 Å². The first-order valence-corrected chi connectivity index (χ1v) is 8.91. The molecule has 4 rings (SSSR count). The number of benzene rings is 2. The molecule has 2 aliphatic rings. The third-order valence-corrected chi connectivity index (χ3v) is 5.29. The number of aliphatic hydroxyl groups excluding tert-OH is 1. The van der Waals surface area contributed by atoms with E-state index in [0.29, 0.717) is 18.7 Å². The summed E-state index contributed by atoms with van der Waals surface area (Å²) in [6.45, 7) is 0.871. The molecule has 0 saturated carbocycles. The van der Waals surface area contributed by atoms with Crippen LogP contribution in [-0.2, 0) is 4.79 Å². The minimum Gasteiger partial charge on any atom is -0.395 e. The predicted molar refractivity (Wildman–Crippen MR) is 101 cm³/mol. The first-order valence-electron chi connectivity index (χ1n) is 8.91. The zero-order valence-electron chi connectivity index (χ0n) is 14.8. The van der Waals surface area contributed by atoms with Crippen LogP contribution < -0.4 is 11.1 Å². The standard InChI is InChI=1S/C21H21N3O3/c22-20(26)15-8-6-14(7-9-15)19-16-10-24(11-18(16)23-19)21(27)17(12-25)13-4-2-1-3-5-13/h1-9,17,19,23,25H,10-12H2,(H2,22,26). The highest BCUT2D eigenvalue weighted by atomic mass is 16.3. The number of hydrogen-bond donors (Lipinski definition) is 3. The van der Waals surface area contributed by atoms with Crippen LogP contribution in [0.3, 0.4) is 0 Å². The number of nitrogens with one attached hydrogen (secondary N) is 1. The Morgan fingerprint density at radius 2 is 1.81 bits per heavy atom. The van der Waals surface area contributed by atoms with E-state index in [1.54, 1.807) is 17.0 Å². The summed E-state index contributed by atoms with van der Waals surface area (Å²) >= 11 is 0. The SMILES string of the molecule is NC(=O)c1ccc(C2NC3=C2CN(C(=O)C(CO)c2ccccc2)C3)cc1. The number of nitrogens with two attached hydrogens (primary N) is 1. The van der Waals surface area contributed by atoms with E-state index in [0.717, 1.165) is 16.8 Å². The molecule has 2 amide bonds. The van der Waals surface area contributed by atoms with Gasteiger partial charge in [0, 0.05) is 17.8 Å². The van der Waals surface area contributed by atoms with E-state index in [-0.39, 0.29) is 18.6 Å². The predicted octanol–water partition coefficient (Wildman–Crippen LogP) is 1.30. The number of amides is 2. The Hall–Kier alpha value is -3.12. The van der Waals surface area contributed by atoms with Crippen LogP contribution in [0.25, 0.3) is 0 Å². The first kappa shape index (κ1) is 17.3. The normalized spacial score (nSPS) is 19.1.